The van der Waals surface area contributed by atoms with Crippen molar-refractivity contribution >= 4 is 13.0 Å². The van der Waals surface area contributed by atoms with Crippen LogP contribution in [0.3, 0.4) is 0 Å². The van der Waals surface area contributed by atoms with Gasteiger partial charge in [-0.05, 0) is 26.9 Å². The van der Waals surface area contributed by atoms with E-state index in [2.05, 4.69) is 0 Å². The van der Waals surface area contributed by atoms with Gasteiger partial charge in [-0.3, -0.25) is 4.79 Å². The lowest BCUT2D eigenvalue weighted by Gasteiger charge is -2.25. The van der Waals surface area contributed by atoms with E-state index in [1.165, 1.54) is 0 Å². The maximum Gasteiger partial charge on any atom is 0.475 e. The van der Waals surface area contributed by atoms with Crippen molar-refractivity contribution in [3.05, 3.63) is 0 Å². The van der Waals surface area contributed by atoms with Crippen LogP contribution in [0.1, 0.15) is 12.8 Å². The van der Waals surface area contributed by atoms with Crippen LogP contribution >= 0.6 is 0 Å². The third-order valence-electron chi connectivity index (χ3n) is 2.42. The summed E-state index contributed by atoms with van der Waals surface area (Å²) in [6.07, 6.45) is 1.53. The molecule has 2 N–H and O–H groups in total. The molecule has 0 saturated carbocycles. The summed E-state index contributed by atoms with van der Waals surface area (Å²) in [5, 5.41) is 18.1. The highest BCUT2D eigenvalue weighted by Crippen LogP contribution is 2.17. The minimum atomic E-state index is -1.41. The first-order valence-electron chi connectivity index (χ1n) is 4.82. The number of rotatable bonds is 3. The molecular weight excluding hydrogens is 183 g/mol. The minimum absolute atomic E-state index is 0.0365. The second kappa shape index (κ2) is 4.77. The number of amides is 1. The fraction of sp³-hybridized carbons (Fsp3) is 0.875. The van der Waals surface area contributed by atoms with Gasteiger partial charge < -0.3 is 19.8 Å². The molecule has 1 atom stereocenters. The monoisotopic (exact) mass is 200 g/mol. The molecule has 1 rings (SSSR count). The Morgan fingerprint density at radius 2 is 2.21 bits per heavy atom. The highest BCUT2D eigenvalue weighted by atomic mass is 16.4. The van der Waals surface area contributed by atoms with E-state index in [-0.39, 0.29) is 5.91 Å². The van der Waals surface area contributed by atoms with Crippen LogP contribution in [0.5, 0.6) is 0 Å². The quantitative estimate of drug-likeness (QED) is 0.547. The first-order valence-corrected chi connectivity index (χ1v) is 4.82. The van der Waals surface area contributed by atoms with Gasteiger partial charge in [-0.15, -0.1) is 0 Å². The van der Waals surface area contributed by atoms with Gasteiger partial charge in [0.2, 0.25) is 5.91 Å². The van der Waals surface area contributed by atoms with E-state index in [1.807, 2.05) is 14.1 Å². The number of carbonyl (C=O) groups excluding carboxylic acids is 1. The summed E-state index contributed by atoms with van der Waals surface area (Å²) >= 11 is 0. The van der Waals surface area contributed by atoms with Gasteiger partial charge in [-0.2, -0.15) is 0 Å². The van der Waals surface area contributed by atoms with E-state index >= 15 is 0 Å². The number of likely N-dealkylation sites (N-methyl/N-ethyl adjacent to an activating group) is 1. The Hall–Kier alpha value is -0.585. The van der Waals surface area contributed by atoms with Crippen molar-refractivity contribution in [2.45, 2.75) is 18.8 Å². The summed E-state index contributed by atoms with van der Waals surface area (Å²) in [7, 11) is 2.22. The van der Waals surface area contributed by atoms with Crippen LogP contribution < -0.4 is 0 Å². The average Bonchev–Trinajstić information content (AvgIpc) is 2.49. The molecule has 1 heterocycles. The maximum absolute atomic E-state index is 11.6. The highest BCUT2D eigenvalue weighted by molar-refractivity contribution is 6.43. The molecule has 6 heteroatoms. The summed E-state index contributed by atoms with van der Waals surface area (Å²) in [6, 6.07) is 0. The molecule has 5 nitrogen and oxygen atoms in total. The van der Waals surface area contributed by atoms with Crippen LogP contribution in [-0.4, -0.2) is 66.0 Å². The fourth-order valence-electron chi connectivity index (χ4n) is 1.77. The van der Waals surface area contributed by atoms with Crippen molar-refractivity contribution in [1.29, 1.82) is 0 Å². The number of hydrogen-bond donors (Lipinski definition) is 2. The van der Waals surface area contributed by atoms with Crippen molar-refractivity contribution in [1.82, 2.24) is 9.80 Å². The molecule has 1 aliphatic rings. The van der Waals surface area contributed by atoms with Crippen LogP contribution in [0.2, 0.25) is 0 Å². The van der Waals surface area contributed by atoms with Gasteiger partial charge in [0.15, 0.2) is 0 Å². The summed E-state index contributed by atoms with van der Waals surface area (Å²) in [5.41, 5.74) is 0. The lowest BCUT2D eigenvalue weighted by atomic mass is 9.78. The molecule has 0 aromatic heterocycles. The van der Waals surface area contributed by atoms with Gasteiger partial charge >= 0.3 is 7.12 Å². The highest BCUT2D eigenvalue weighted by Gasteiger charge is 2.36. The van der Waals surface area contributed by atoms with Crippen molar-refractivity contribution in [2.75, 3.05) is 27.2 Å². The Kier molecular flexibility index (Phi) is 3.91. The smallest absolute Gasteiger partial charge is 0.426 e. The minimum Gasteiger partial charge on any atom is -0.426 e. The van der Waals surface area contributed by atoms with E-state index < -0.39 is 13.1 Å². The zero-order valence-electron chi connectivity index (χ0n) is 8.68. The van der Waals surface area contributed by atoms with E-state index in [0.717, 1.165) is 6.42 Å². The van der Waals surface area contributed by atoms with Crippen molar-refractivity contribution in [2.24, 2.45) is 0 Å². The summed E-state index contributed by atoms with van der Waals surface area (Å²) in [6.45, 7) is 0.957. The van der Waals surface area contributed by atoms with E-state index in [9.17, 15) is 4.79 Å². The average molecular weight is 200 g/mol. The number of carbonyl (C=O) groups is 1. The number of hydrogen-bond acceptors (Lipinski definition) is 4. The Bertz CT molecular complexity index is 211. The molecule has 0 aliphatic carbocycles. The van der Waals surface area contributed by atoms with Crippen LogP contribution in [0.25, 0.3) is 0 Å². The molecule has 0 aromatic carbocycles. The van der Waals surface area contributed by atoms with Gasteiger partial charge in [0, 0.05) is 6.54 Å². The molecular formula is C8H17BN2O3. The van der Waals surface area contributed by atoms with Crippen LogP contribution in [0, 0.1) is 0 Å². The summed E-state index contributed by atoms with van der Waals surface area (Å²) in [4.78, 5) is 15.0. The molecule has 0 spiro atoms. The van der Waals surface area contributed by atoms with Crippen molar-refractivity contribution < 1.29 is 14.8 Å². The first-order chi connectivity index (χ1) is 6.52. The molecule has 1 saturated heterocycles. The van der Waals surface area contributed by atoms with Gasteiger partial charge in [0.25, 0.3) is 0 Å². The zero-order chi connectivity index (χ0) is 10.7. The van der Waals surface area contributed by atoms with E-state index in [4.69, 9.17) is 10.0 Å². The second-order valence-corrected chi connectivity index (χ2v) is 3.95. The normalized spacial score (nSPS) is 21.8. The molecule has 0 radical (unpaired) electrons. The zero-order valence-corrected chi connectivity index (χ0v) is 8.68. The van der Waals surface area contributed by atoms with Gasteiger partial charge in [0.05, 0.1) is 12.5 Å². The van der Waals surface area contributed by atoms with Crippen molar-refractivity contribution in [3.8, 4) is 0 Å². The number of likely N-dealkylation sites (tertiary alicyclic amines) is 1. The summed E-state index contributed by atoms with van der Waals surface area (Å²) in [5.74, 6) is -0.451. The standard InChI is InChI=1S/C8H17BN2O3/c1-10(2)6-8(12)11-5-3-4-7(11)9(13)14/h7,13-14H,3-6H2,1-2H3/t7-/m0/s1. The van der Waals surface area contributed by atoms with E-state index in [0.29, 0.717) is 19.5 Å². The molecule has 1 fully saturated rings. The Balaban J connectivity index is 2.53. The van der Waals surface area contributed by atoms with Gasteiger partial charge in [-0.1, -0.05) is 0 Å². The fourth-order valence-corrected chi connectivity index (χ4v) is 1.77. The second-order valence-electron chi connectivity index (χ2n) is 3.95. The molecule has 0 unspecified atom stereocenters. The third kappa shape index (κ3) is 2.70. The Labute approximate surface area is 84.5 Å². The van der Waals surface area contributed by atoms with Gasteiger partial charge in [-0.25, -0.2) is 0 Å². The molecule has 0 aromatic rings. The number of nitrogens with zero attached hydrogens (tertiary/aromatic N) is 2. The van der Waals surface area contributed by atoms with Crippen LogP contribution in [-0.2, 0) is 4.79 Å². The maximum atomic E-state index is 11.6. The lowest BCUT2D eigenvalue weighted by Crippen LogP contribution is -2.48. The predicted octanol–water partition coefficient (Wildman–Crippen LogP) is -1.45. The predicted molar refractivity (Wildman–Crippen MR) is 53.5 cm³/mol. The Morgan fingerprint density at radius 3 is 2.71 bits per heavy atom. The topological polar surface area (TPSA) is 64.0 Å². The molecule has 1 aliphatic heterocycles. The molecule has 0 bridgehead atoms. The molecule has 1 amide bonds. The van der Waals surface area contributed by atoms with Gasteiger partial charge in [0.1, 0.15) is 0 Å². The summed E-state index contributed by atoms with van der Waals surface area (Å²) < 4.78 is 0. The SMILES string of the molecule is CN(C)CC(=O)N1CCC[C@H]1B(O)O. The lowest BCUT2D eigenvalue weighted by molar-refractivity contribution is -0.131. The van der Waals surface area contributed by atoms with Crippen LogP contribution in [0.4, 0.5) is 0 Å². The van der Waals surface area contributed by atoms with Crippen LogP contribution in [0.15, 0.2) is 0 Å². The largest absolute Gasteiger partial charge is 0.475 e. The Morgan fingerprint density at radius 1 is 1.57 bits per heavy atom. The third-order valence-corrected chi connectivity index (χ3v) is 2.42. The first kappa shape index (κ1) is 11.5. The van der Waals surface area contributed by atoms with E-state index in [1.54, 1.807) is 9.80 Å². The molecule has 80 valence electrons. The molecule has 14 heavy (non-hydrogen) atoms. The van der Waals surface area contributed by atoms with Crippen molar-refractivity contribution in [3.63, 3.8) is 0 Å².